The van der Waals surface area contributed by atoms with E-state index in [1.807, 2.05) is 24.3 Å². The minimum Gasteiger partial charge on any atom is -0.376 e. The van der Waals surface area contributed by atoms with Crippen LogP contribution in [0.4, 0.5) is 0 Å². The molecule has 0 aliphatic carbocycles. The molecule has 13 heavy (non-hydrogen) atoms. The highest BCUT2D eigenvalue weighted by Gasteiger charge is 1.93. The lowest BCUT2D eigenvalue weighted by atomic mass is 10.1. The van der Waals surface area contributed by atoms with Crippen LogP contribution in [0.15, 0.2) is 30.8 Å². The van der Waals surface area contributed by atoms with Crippen molar-refractivity contribution in [2.24, 2.45) is 0 Å². The summed E-state index contributed by atoms with van der Waals surface area (Å²) in [5.41, 5.74) is 2.27. The molecule has 1 nitrogen and oxygen atoms in total. The number of halogens is 1. The summed E-state index contributed by atoms with van der Waals surface area (Å²) < 4.78 is 5.30. The van der Waals surface area contributed by atoms with Crippen molar-refractivity contribution in [3.63, 3.8) is 0 Å². The number of hydrogen-bond donors (Lipinski definition) is 0. The Morgan fingerprint density at radius 2 is 2.31 bits per heavy atom. The number of alkyl halides is 1. The predicted molar refractivity (Wildman–Crippen MR) is 56.9 cm³/mol. The van der Waals surface area contributed by atoms with Gasteiger partial charge in [0.05, 0.1) is 13.2 Å². The maximum Gasteiger partial charge on any atom is 0.0717 e. The topological polar surface area (TPSA) is 9.23 Å². The molecular formula is C11H13ClO. The van der Waals surface area contributed by atoms with Gasteiger partial charge in [-0.05, 0) is 17.2 Å². The van der Waals surface area contributed by atoms with Gasteiger partial charge in [0.25, 0.3) is 0 Å². The van der Waals surface area contributed by atoms with Crippen LogP contribution in [0.3, 0.4) is 0 Å². The molecule has 0 aromatic heterocycles. The van der Waals surface area contributed by atoms with Crippen molar-refractivity contribution in [3.8, 4) is 0 Å². The van der Waals surface area contributed by atoms with Gasteiger partial charge in [-0.25, -0.2) is 0 Å². The van der Waals surface area contributed by atoms with Gasteiger partial charge in [0.2, 0.25) is 0 Å². The summed E-state index contributed by atoms with van der Waals surface area (Å²) in [7, 11) is 0. The van der Waals surface area contributed by atoms with E-state index in [1.54, 1.807) is 0 Å². The van der Waals surface area contributed by atoms with E-state index >= 15 is 0 Å². The van der Waals surface area contributed by atoms with Gasteiger partial charge in [-0.3, -0.25) is 0 Å². The zero-order valence-electron chi connectivity index (χ0n) is 7.50. The van der Waals surface area contributed by atoms with E-state index in [9.17, 15) is 0 Å². The predicted octanol–water partition coefficient (Wildman–Crippen LogP) is 3.09. The first-order chi connectivity index (χ1) is 6.36. The average Bonchev–Trinajstić information content (AvgIpc) is 2.19. The highest BCUT2D eigenvalue weighted by Crippen LogP contribution is 2.07. The molecule has 0 aliphatic heterocycles. The van der Waals surface area contributed by atoms with Gasteiger partial charge < -0.3 is 4.74 Å². The number of ether oxygens (including phenoxy) is 1. The quantitative estimate of drug-likeness (QED) is 0.520. The van der Waals surface area contributed by atoms with E-state index in [1.165, 1.54) is 0 Å². The van der Waals surface area contributed by atoms with Crippen LogP contribution in [0.2, 0.25) is 0 Å². The van der Waals surface area contributed by atoms with Gasteiger partial charge in [-0.2, -0.15) is 0 Å². The monoisotopic (exact) mass is 196 g/mol. The average molecular weight is 197 g/mol. The second kappa shape index (κ2) is 5.79. The molecule has 1 aromatic carbocycles. The van der Waals surface area contributed by atoms with Crippen LogP contribution in [0.25, 0.3) is 6.08 Å². The highest BCUT2D eigenvalue weighted by atomic mass is 35.5. The lowest BCUT2D eigenvalue weighted by molar-refractivity contribution is 0.136. The summed E-state index contributed by atoms with van der Waals surface area (Å²) in [6.45, 7) is 4.92. The van der Waals surface area contributed by atoms with Gasteiger partial charge in [0, 0.05) is 5.88 Å². The SMILES string of the molecule is C=Cc1cccc(COCCCl)c1. The van der Waals surface area contributed by atoms with E-state index in [4.69, 9.17) is 16.3 Å². The van der Waals surface area contributed by atoms with E-state index in [-0.39, 0.29) is 0 Å². The Balaban J connectivity index is 2.51. The molecule has 0 radical (unpaired) electrons. The van der Waals surface area contributed by atoms with Crippen LogP contribution in [-0.2, 0) is 11.3 Å². The molecule has 0 heterocycles. The van der Waals surface area contributed by atoms with Gasteiger partial charge in [-0.1, -0.05) is 30.9 Å². The summed E-state index contributed by atoms with van der Waals surface area (Å²) in [5.74, 6) is 0.543. The van der Waals surface area contributed by atoms with Crippen LogP contribution in [-0.4, -0.2) is 12.5 Å². The standard InChI is InChI=1S/C11H13ClO/c1-2-10-4-3-5-11(8-10)9-13-7-6-12/h2-5,8H,1,6-7,9H2. The Kier molecular flexibility index (Phi) is 4.58. The third-order valence-electron chi connectivity index (χ3n) is 1.68. The normalized spacial score (nSPS) is 9.92. The maximum absolute atomic E-state index is 5.49. The maximum atomic E-state index is 5.49. The number of benzene rings is 1. The van der Waals surface area contributed by atoms with Crippen LogP contribution >= 0.6 is 11.6 Å². The summed E-state index contributed by atoms with van der Waals surface area (Å²) in [6, 6.07) is 8.09. The molecule has 0 unspecified atom stereocenters. The largest absolute Gasteiger partial charge is 0.376 e. The van der Waals surface area contributed by atoms with Crippen molar-refractivity contribution in [2.45, 2.75) is 6.61 Å². The first kappa shape index (κ1) is 10.3. The summed E-state index contributed by atoms with van der Waals surface area (Å²) in [4.78, 5) is 0. The molecular weight excluding hydrogens is 184 g/mol. The van der Waals surface area contributed by atoms with Gasteiger partial charge in [0.15, 0.2) is 0 Å². The summed E-state index contributed by atoms with van der Waals surface area (Å²) in [5, 5.41) is 0. The molecule has 0 amide bonds. The summed E-state index contributed by atoms with van der Waals surface area (Å²) >= 11 is 5.49. The molecule has 1 aromatic rings. The van der Waals surface area contributed by atoms with Crippen LogP contribution in [0.1, 0.15) is 11.1 Å². The smallest absolute Gasteiger partial charge is 0.0717 e. The van der Waals surface area contributed by atoms with Crippen molar-refractivity contribution in [2.75, 3.05) is 12.5 Å². The molecule has 2 heteroatoms. The Labute approximate surface area is 84.0 Å². The highest BCUT2D eigenvalue weighted by molar-refractivity contribution is 6.17. The molecule has 0 spiro atoms. The molecule has 0 saturated heterocycles. The fourth-order valence-electron chi connectivity index (χ4n) is 1.05. The van der Waals surface area contributed by atoms with E-state index in [0.29, 0.717) is 19.1 Å². The lowest BCUT2D eigenvalue weighted by Gasteiger charge is -2.02. The minimum atomic E-state index is 0.543. The van der Waals surface area contributed by atoms with Crippen molar-refractivity contribution in [1.82, 2.24) is 0 Å². The number of rotatable bonds is 5. The number of hydrogen-bond acceptors (Lipinski definition) is 1. The zero-order chi connectivity index (χ0) is 9.52. The summed E-state index contributed by atoms with van der Waals surface area (Å²) in [6.07, 6.45) is 1.82. The fourth-order valence-corrected chi connectivity index (χ4v) is 1.16. The molecule has 70 valence electrons. The van der Waals surface area contributed by atoms with Crippen LogP contribution < -0.4 is 0 Å². The third-order valence-corrected chi connectivity index (χ3v) is 1.83. The fraction of sp³-hybridized carbons (Fsp3) is 0.273. The second-order valence-electron chi connectivity index (χ2n) is 2.69. The Morgan fingerprint density at radius 3 is 3.00 bits per heavy atom. The van der Waals surface area contributed by atoms with Crippen molar-refractivity contribution in [1.29, 1.82) is 0 Å². The lowest BCUT2D eigenvalue weighted by Crippen LogP contribution is -1.96. The molecule has 0 atom stereocenters. The zero-order valence-corrected chi connectivity index (χ0v) is 8.26. The molecule has 0 bridgehead atoms. The first-order valence-corrected chi connectivity index (χ1v) is 4.75. The van der Waals surface area contributed by atoms with Crippen molar-refractivity contribution < 1.29 is 4.74 Å². The Hall–Kier alpha value is -0.790. The Morgan fingerprint density at radius 1 is 1.46 bits per heavy atom. The Bertz CT molecular complexity index is 271. The van der Waals surface area contributed by atoms with E-state index < -0.39 is 0 Å². The van der Waals surface area contributed by atoms with E-state index in [0.717, 1.165) is 11.1 Å². The van der Waals surface area contributed by atoms with E-state index in [2.05, 4.69) is 12.6 Å². The molecule has 1 rings (SSSR count). The van der Waals surface area contributed by atoms with Crippen LogP contribution in [0, 0.1) is 0 Å². The van der Waals surface area contributed by atoms with Crippen LogP contribution in [0.5, 0.6) is 0 Å². The molecule has 0 saturated carbocycles. The van der Waals surface area contributed by atoms with Crippen molar-refractivity contribution in [3.05, 3.63) is 42.0 Å². The van der Waals surface area contributed by atoms with Crippen molar-refractivity contribution >= 4 is 17.7 Å². The van der Waals surface area contributed by atoms with Gasteiger partial charge >= 0.3 is 0 Å². The molecule has 0 N–H and O–H groups in total. The second-order valence-corrected chi connectivity index (χ2v) is 3.07. The van der Waals surface area contributed by atoms with Gasteiger partial charge in [0.1, 0.15) is 0 Å². The molecule has 0 aliphatic rings. The van der Waals surface area contributed by atoms with Gasteiger partial charge in [-0.15, -0.1) is 11.6 Å². The first-order valence-electron chi connectivity index (χ1n) is 4.22. The third kappa shape index (κ3) is 3.62. The minimum absolute atomic E-state index is 0.543. The molecule has 0 fully saturated rings.